The molecule has 0 aromatic carbocycles. The maximum absolute atomic E-state index is 3.71. The lowest BCUT2D eigenvalue weighted by atomic mass is 10.2. The molecule has 2 fully saturated rings. The fourth-order valence-corrected chi connectivity index (χ4v) is 2.95. The highest BCUT2D eigenvalue weighted by Crippen LogP contribution is 2.45. The first-order chi connectivity index (χ1) is 7.08. The molecule has 0 aromatic heterocycles. The molecule has 0 radical (unpaired) electrons. The lowest BCUT2D eigenvalue weighted by molar-refractivity contribution is 0.258. The minimum atomic E-state index is 0.790. The second-order valence-corrected chi connectivity index (χ2v) is 6.27. The first kappa shape index (κ1) is 11.4. The number of fused-ring (bicyclic) bond motifs is 1. The zero-order valence-electron chi connectivity index (χ0n) is 10.7. The highest BCUT2D eigenvalue weighted by molar-refractivity contribution is 5.10. The maximum Gasteiger partial charge on any atom is 0.0156 e. The van der Waals surface area contributed by atoms with Gasteiger partial charge in [-0.05, 0) is 30.2 Å². The van der Waals surface area contributed by atoms with Gasteiger partial charge in [0.25, 0.3) is 0 Å². The smallest absolute Gasteiger partial charge is 0.0156 e. The predicted octanol–water partition coefficient (Wildman–Crippen LogP) is 1.82. The van der Waals surface area contributed by atoms with Crippen LogP contribution < -0.4 is 5.32 Å². The SMILES string of the molecule is CC(C)CN[C@H]1[C@@H]2CN(CC(C)C)C[C@@H]21. The summed E-state index contributed by atoms with van der Waals surface area (Å²) >= 11 is 0. The summed E-state index contributed by atoms with van der Waals surface area (Å²) < 4.78 is 0. The third-order valence-electron chi connectivity index (χ3n) is 3.65. The van der Waals surface area contributed by atoms with E-state index in [2.05, 4.69) is 37.9 Å². The van der Waals surface area contributed by atoms with Gasteiger partial charge in [0.1, 0.15) is 0 Å². The van der Waals surface area contributed by atoms with Crippen molar-refractivity contribution in [2.75, 3.05) is 26.2 Å². The Balaban J connectivity index is 1.65. The Morgan fingerprint density at radius 2 is 1.67 bits per heavy atom. The van der Waals surface area contributed by atoms with Gasteiger partial charge in [0.15, 0.2) is 0 Å². The van der Waals surface area contributed by atoms with Gasteiger partial charge in [-0.25, -0.2) is 0 Å². The Labute approximate surface area is 94.4 Å². The Morgan fingerprint density at radius 3 is 2.13 bits per heavy atom. The minimum absolute atomic E-state index is 0.790. The molecular formula is C13H26N2. The van der Waals surface area contributed by atoms with Crippen molar-refractivity contribution in [3.63, 3.8) is 0 Å². The Morgan fingerprint density at radius 1 is 1.07 bits per heavy atom. The fourth-order valence-electron chi connectivity index (χ4n) is 2.95. The summed E-state index contributed by atoms with van der Waals surface area (Å²) in [6, 6.07) is 0.857. The fraction of sp³-hybridized carbons (Fsp3) is 1.00. The van der Waals surface area contributed by atoms with Crippen LogP contribution in [0.1, 0.15) is 27.7 Å². The molecule has 88 valence electrons. The summed E-state index contributed by atoms with van der Waals surface area (Å²) in [6.07, 6.45) is 0. The molecule has 0 bridgehead atoms. The molecule has 1 heterocycles. The molecule has 0 unspecified atom stereocenters. The molecule has 1 aliphatic carbocycles. The Kier molecular flexibility index (Phi) is 3.36. The molecule has 2 aliphatic rings. The van der Waals surface area contributed by atoms with Crippen LogP contribution in [0.4, 0.5) is 0 Å². The normalized spacial score (nSPS) is 35.2. The number of nitrogens with one attached hydrogen (secondary N) is 1. The molecule has 2 nitrogen and oxygen atoms in total. The quantitative estimate of drug-likeness (QED) is 0.744. The number of rotatable bonds is 5. The molecule has 1 N–H and O–H groups in total. The van der Waals surface area contributed by atoms with E-state index < -0.39 is 0 Å². The van der Waals surface area contributed by atoms with Crippen LogP contribution >= 0.6 is 0 Å². The zero-order valence-corrected chi connectivity index (χ0v) is 10.7. The number of hydrogen-bond donors (Lipinski definition) is 1. The van der Waals surface area contributed by atoms with Crippen molar-refractivity contribution in [2.45, 2.75) is 33.7 Å². The van der Waals surface area contributed by atoms with E-state index in [0.717, 1.165) is 29.7 Å². The van der Waals surface area contributed by atoms with E-state index in [0.29, 0.717) is 0 Å². The molecule has 2 rings (SSSR count). The summed E-state index contributed by atoms with van der Waals surface area (Å²) in [6.45, 7) is 14.4. The summed E-state index contributed by atoms with van der Waals surface area (Å²) in [7, 11) is 0. The molecule has 1 saturated carbocycles. The van der Waals surface area contributed by atoms with Gasteiger partial charge in [0.05, 0.1) is 0 Å². The zero-order chi connectivity index (χ0) is 11.0. The molecule has 1 aliphatic heterocycles. The topological polar surface area (TPSA) is 15.3 Å². The first-order valence-corrected chi connectivity index (χ1v) is 6.53. The van der Waals surface area contributed by atoms with Crippen molar-refractivity contribution in [1.29, 1.82) is 0 Å². The highest BCUT2D eigenvalue weighted by atomic mass is 15.2. The van der Waals surface area contributed by atoms with E-state index >= 15 is 0 Å². The van der Waals surface area contributed by atoms with Crippen molar-refractivity contribution in [2.24, 2.45) is 23.7 Å². The van der Waals surface area contributed by atoms with Crippen molar-refractivity contribution >= 4 is 0 Å². The average Bonchev–Trinajstić information content (AvgIpc) is 2.55. The van der Waals surface area contributed by atoms with Gasteiger partial charge < -0.3 is 10.2 Å². The van der Waals surface area contributed by atoms with Gasteiger partial charge in [0, 0.05) is 25.7 Å². The van der Waals surface area contributed by atoms with Crippen molar-refractivity contribution in [1.82, 2.24) is 10.2 Å². The lowest BCUT2D eigenvalue weighted by Gasteiger charge is -2.21. The van der Waals surface area contributed by atoms with Crippen LogP contribution in [0, 0.1) is 23.7 Å². The molecule has 1 saturated heterocycles. The van der Waals surface area contributed by atoms with E-state index in [1.807, 2.05) is 0 Å². The van der Waals surface area contributed by atoms with Crippen LogP contribution in [0.3, 0.4) is 0 Å². The molecule has 2 heteroatoms. The van der Waals surface area contributed by atoms with Crippen LogP contribution in [-0.2, 0) is 0 Å². The minimum Gasteiger partial charge on any atom is -0.313 e. The third kappa shape index (κ3) is 2.73. The summed E-state index contributed by atoms with van der Waals surface area (Å²) in [5.41, 5.74) is 0. The van der Waals surface area contributed by atoms with Crippen LogP contribution in [0.2, 0.25) is 0 Å². The maximum atomic E-state index is 3.71. The average molecular weight is 210 g/mol. The monoisotopic (exact) mass is 210 g/mol. The standard InChI is InChI=1S/C13H26N2/c1-9(2)5-14-13-11-7-15(6-10(3)4)8-12(11)13/h9-14H,5-8H2,1-4H3/t11-,12+,13+. The third-order valence-corrected chi connectivity index (χ3v) is 3.65. The second kappa shape index (κ2) is 4.42. The van der Waals surface area contributed by atoms with Gasteiger partial charge in [0.2, 0.25) is 0 Å². The van der Waals surface area contributed by atoms with Gasteiger partial charge in [-0.1, -0.05) is 27.7 Å². The molecule has 0 aromatic rings. The van der Waals surface area contributed by atoms with E-state index in [1.165, 1.54) is 26.2 Å². The first-order valence-electron chi connectivity index (χ1n) is 6.53. The number of hydrogen-bond acceptors (Lipinski definition) is 2. The van der Waals surface area contributed by atoms with Gasteiger partial charge >= 0.3 is 0 Å². The Bertz CT molecular complexity index is 201. The predicted molar refractivity (Wildman–Crippen MR) is 64.9 cm³/mol. The summed E-state index contributed by atoms with van der Waals surface area (Å²) in [5, 5.41) is 3.71. The number of nitrogens with zero attached hydrogens (tertiary/aromatic N) is 1. The van der Waals surface area contributed by atoms with Crippen molar-refractivity contribution < 1.29 is 0 Å². The van der Waals surface area contributed by atoms with Gasteiger partial charge in [-0.15, -0.1) is 0 Å². The van der Waals surface area contributed by atoms with Crippen LogP contribution in [-0.4, -0.2) is 37.1 Å². The number of likely N-dealkylation sites (tertiary alicyclic amines) is 1. The number of piperidine rings is 1. The van der Waals surface area contributed by atoms with E-state index in [1.54, 1.807) is 0 Å². The van der Waals surface area contributed by atoms with E-state index in [9.17, 15) is 0 Å². The van der Waals surface area contributed by atoms with Crippen LogP contribution in [0.5, 0.6) is 0 Å². The molecule has 0 spiro atoms. The van der Waals surface area contributed by atoms with Gasteiger partial charge in [-0.2, -0.15) is 0 Å². The summed E-state index contributed by atoms with van der Waals surface area (Å²) in [5.74, 6) is 3.56. The lowest BCUT2D eigenvalue weighted by Crippen LogP contribution is -2.34. The van der Waals surface area contributed by atoms with E-state index in [4.69, 9.17) is 0 Å². The van der Waals surface area contributed by atoms with Crippen molar-refractivity contribution in [3.8, 4) is 0 Å². The molecular weight excluding hydrogens is 184 g/mol. The van der Waals surface area contributed by atoms with Crippen molar-refractivity contribution in [3.05, 3.63) is 0 Å². The molecule has 15 heavy (non-hydrogen) atoms. The molecule has 3 atom stereocenters. The highest BCUT2D eigenvalue weighted by Gasteiger charge is 2.55. The summed E-state index contributed by atoms with van der Waals surface area (Å²) in [4.78, 5) is 2.65. The second-order valence-electron chi connectivity index (χ2n) is 6.27. The van der Waals surface area contributed by atoms with E-state index in [-0.39, 0.29) is 0 Å². The van der Waals surface area contributed by atoms with Crippen LogP contribution in [0.15, 0.2) is 0 Å². The Hall–Kier alpha value is -0.0800. The molecule has 0 amide bonds. The van der Waals surface area contributed by atoms with Gasteiger partial charge in [-0.3, -0.25) is 0 Å². The van der Waals surface area contributed by atoms with Crippen LogP contribution in [0.25, 0.3) is 0 Å². The largest absolute Gasteiger partial charge is 0.313 e.